The summed E-state index contributed by atoms with van der Waals surface area (Å²) in [7, 11) is 6.21. The third kappa shape index (κ3) is 2.27. The first kappa shape index (κ1) is 13.0. The zero-order chi connectivity index (χ0) is 13.4. The third-order valence-corrected chi connectivity index (χ3v) is 4.89. The highest BCUT2D eigenvalue weighted by atomic mass is 16.5. The minimum absolute atomic E-state index is 0.769. The Morgan fingerprint density at radius 1 is 1.21 bits per heavy atom. The van der Waals surface area contributed by atoms with Crippen molar-refractivity contribution in [3.05, 3.63) is 28.8 Å². The molecule has 0 bridgehead atoms. The Hall–Kier alpha value is -1.02. The van der Waals surface area contributed by atoms with Crippen LogP contribution < -0.4 is 4.74 Å². The zero-order valence-corrected chi connectivity index (χ0v) is 12.4. The van der Waals surface area contributed by atoms with Gasteiger partial charge in [0.25, 0.3) is 0 Å². The number of methoxy groups -OCH3 is 1. The maximum absolute atomic E-state index is 5.59. The normalized spacial score (nSPS) is 25.3. The molecule has 0 fully saturated rings. The van der Waals surface area contributed by atoms with Gasteiger partial charge in [-0.3, -0.25) is 0 Å². The van der Waals surface area contributed by atoms with Crippen molar-refractivity contribution in [2.24, 2.45) is 5.92 Å². The molecule has 2 aliphatic rings. The summed E-state index contributed by atoms with van der Waals surface area (Å²) in [5, 5.41) is 0. The molecule has 0 amide bonds. The van der Waals surface area contributed by atoms with Crippen molar-refractivity contribution >= 4 is 0 Å². The van der Waals surface area contributed by atoms with E-state index in [0.717, 1.165) is 17.6 Å². The van der Waals surface area contributed by atoms with Crippen LogP contribution in [0.25, 0.3) is 0 Å². The topological polar surface area (TPSA) is 12.5 Å². The second kappa shape index (κ2) is 5.16. The van der Waals surface area contributed by atoms with Gasteiger partial charge < -0.3 is 9.64 Å². The molecule has 0 heterocycles. The monoisotopic (exact) mass is 259 g/mol. The van der Waals surface area contributed by atoms with Crippen molar-refractivity contribution in [3.63, 3.8) is 0 Å². The molecule has 1 aromatic rings. The van der Waals surface area contributed by atoms with Crippen molar-refractivity contribution in [2.75, 3.05) is 27.7 Å². The van der Waals surface area contributed by atoms with E-state index < -0.39 is 0 Å². The molecular weight excluding hydrogens is 234 g/mol. The van der Waals surface area contributed by atoms with Crippen LogP contribution in [-0.2, 0) is 12.8 Å². The highest BCUT2D eigenvalue weighted by molar-refractivity contribution is 5.50. The van der Waals surface area contributed by atoms with Crippen molar-refractivity contribution in [2.45, 2.75) is 38.0 Å². The molecule has 0 saturated heterocycles. The number of hydrogen-bond acceptors (Lipinski definition) is 2. The van der Waals surface area contributed by atoms with Gasteiger partial charge >= 0.3 is 0 Å². The van der Waals surface area contributed by atoms with Gasteiger partial charge in [-0.25, -0.2) is 0 Å². The number of ether oxygens (including phenoxy) is 1. The van der Waals surface area contributed by atoms with Gasteiger partial charge in [-0.05, 0) is 80.8 Å². The maximum atomic E-state index is 5.59. The van der Waals surface area contributed by atoms with Crippen molar-refractivity contribution in [1.82, 2.24) is 4.90 Å². The molecule has 19 heavy (non-hydrogen) atoms. The largest absolute Gasteiger partial charge is 0.496 e. The van der Waals surface area contributed by atoms with Gasteiger partial charge in [0.2, 0.25) is 0 Å². The molecule has 1 aromatic carbocycles. The Balaban J connectivity index is 2.01. The second-order valence-corrected chi connectivity index (χ2v) is 6.38. The standard InChI is InChI=1S/C17H25NO/c1-18(2)11-13-8-7-12-9-10-16(19-3)15-6-4-5-14(13)17(12)15/h9-10,13-14H,4-8,11H2,1-3H3. The Morgan fingerprint density at radius 3 is 2.79 bits per heavy atom. The van der Waals surface area contributed by atoms with Crippen molar-refractivity contribution in [3.8, 4) is 5.75 Å². The summed E-state index contributed by atoms with van der Waals surface area (Å²) >= 11 is 0. The molecule has 0 N–H and O–H groups in total. The lowest BCUT2D eigenvalue weighted by Crippen LogP contribution is -2.32. The van der Waals surface area contributed by atoms with Crippen LogP contribution in [0.2, 0.25) is 0 Å². The summed E-state index contributed by atoms with van der Waals surface area (Å²) in [6.07, 6.45) is 6.49. The van der Waals surface area contributed by atoms with Crippen LogP contribution in [-0.4, -0.2) is 32.6 Å². The first-order chi connectivity index (χ1) is 9.20. The van der Waals surface area contributed by atoms with E-state index >= 15 is 0 Å². The third-order valence-electron chi connectivity index (χ3n) is 4.89. The maximum Gasteiger partial charge on any atom is 0.122 e. The molecule has 3 rings (SSSR count). The Bertz CT molecular complexity index is 467. The number of rotatable bonds is 3. The molecule has 2 aliphatic carbocycles. The fraction of sp³-hybridized carbons (Fsp3) is 0.647. The Morgan fingerprint density at radius 2 is 2.05 bits per heavy atom. The lowest BCUT2D eigenvalue weighted by Gasteiger charge is -2.39. The van der Waals surface area contributed by atoms with E-state index in [1.807, 2.05) is 7.11 Å². The minimum Gasteiger partial charge on any atom is -0.496 e. The summed E-state index contributed by atoms with van der Waals surface area (Å²) in [5.41, 5.74) is 4.76. The highest BCUT2D eigenvalue weighted by Crippen LogP contribution is 2.47. The van der Waals surface area contributed by atoms with Crippen LogP contribution in [0.15, 0.2) is 12.1 Å². The van der Waals surface area contributed by atoms with Crippen molar-refractivity contribution in [1.29, 1.82) is 0 Å². The zero-order valence-electron chi connectivity index (χ0n) is 12.4. The predicted molar refractivity (Wildman–Crippen MR) is 79.0 cm³/mol. The van der Waals surface area contributed by atoms with E-state index in [9.17, 15) is 0 Å². The molecule has 2 unspecified atom stereocenters. The molecule has 2 nitrogen and oxygen atoms in total. The minimum atomic E-state index is 0.769. The van der Waals surface area contributed by atoms with Crippen LogP contribution in [0.3, 0.4) is 0 Å². The molecule has 104 valence electrons. The number of aryl methyl sites for hydroxylation is 1. The first-order valence-corrected chi connectivity index (χ1v) is 7.54. The van der Waals surface area contributed by atoms with Gasteiger partial charge in [0.05, 0.1) is 7.11 Å². The van der Waals surface area contributed by atoms with E-state index in [-0.39, 0.29) is 0 Å². The van der Waals surface area contributed by atoms with Gasteiger partial charge in [-0.15, -0.1) is 0 Å². The van der Waals surface area contributed by atoms with Gasteiger partial charge in [0.15, 0.2) is 0 Å². The molecule has 0 saturated carbocycles. The van der Waals surface area contributed by atoms with Gasteiger partial charge in [-0.1, -0.05) is 6.07 Å². The number of hydrogen-bond donors (Lipinski definition) is 0. The molecular formula is C17H25NO. The van der Waals surface area contributed by atoms with E-state index in [1.54, 1.807) is 11.1 Å². The summed E-state index contributed by atoms with van der Waals surface area (Å²) in [5.74, 6) is 2.72. The van der Waals surface area contributed by atoms with Crippen LogP contribution in [0.1, 0.15) is 41.9 Å². The summed E-state index contributed by atoms with van der Waals surface area (Å²) in [6.45, 7) is 1.22. The Labute approximate surface area is 116 Å². The highest BCUT2D eigenvalue weighted by Gasteiger charge is 2.34. The summed E-state index contributed by atoms with van der Waals surface area (Å²) in [6, 6.07) is 4.49. The average Bonchev–Trinajstić information content (AvgIpc) is 2.42. The van der Waals surface area contributed by atoms with E-state index in [1.165, 1.54) is 44.2 Å². The lowest BCUT2D eigenvalue weighted by molar-refractivity contribution is 0.248. The lowest BCUT2D eigenvalue weighted by atomic mass is 9.68. The number of nitrogens with zero attached hydrogens (tertiary/aromatic N) is 1. The van der Waals surface area contributed by atoms with E-state index in [4.69, 9.17) is 4.74 Å². The number of benzene rings is 1. The summed E-state index contributed by atoms with van der Waals surface area (Å²) < 4.78 is 5.59. The van der Waals surface area contributed by atoms with E-state index in [2.05, 4.69) is 31.1 Å². The van der Waals surface area contributed by atoms with Gasteiger partial charge in [-0.2, -0.15) is 0 Å². The second-order valence-electron chi connectivity index (χ2n) is 6.38. The Kier molecular flexibility index (Phi) is 3.53. The van der Waals surface area contributed by atoms with Gasteiger partial charge in [0.1, 0.15) is 5.75 Å². The van der Waals surface area contributed by atoms with Crippen LogP contribution in [0, 0.1) is 5.92 Å². The summed E-state index contributed by atoms with van der Waals surface area (Å²) in [4.78, 5) is 2.35. The molecule has 2 atom stereocenters. The van der Waals surface area contributed by atoms with Gasteiger partial charge in [0, 0.05) is 6.54 Å². The fourth-order valence-electron chi connectivity index (χ4n) is 4.17. The molecule has 0 aromatic heterocycles. The quantitative estimate of drug-likeness (QED) is 0.826. The van der Waals surface area contributed by atoms with Crippen LogP contribution in [0.5, 0.6) is 5.75 Å². The average molecular weight is 259 g/mol. The van der Waals surface area contributed by atoms with Crippen LogP contribution >= 0.6 is 0 Å². The van der Waals surface area contributed by atoms with Crippen LogP contribution in [0.4, 0.5) is 0 Å². The van der Waals surface area contributed by atoms with Crippen molar-refractivity contribution < 1.29 is 4.74 Å². The molecule has 0 spiro atoms. The predicted octanol–water partition coefficient (Wildman–Crippen LogP) is 3.24. The SMILES string of the molecule is COc1ccc2c3c1CCCC3C(CN(C)C)CC2. The molecule has 0 aliphatic heterocycles. The molecule has 0 radical (unpaired) electrons. The first-order valence-electron chi connectivity index (χ1n) is 7.54. The fourth-order valence-corrected chi connectivity index (χ4v) is 4.17. The molecule has 2 heteroatoms. The smallest absolute Gasteiger partial charge is 0.122 e. The van der Waals surface area contributed by atoms with E-state index in [0.29, 0.717) is 0 Å².